The van der Waals surface area contributed by atoms with Gasteiger partial charge >= 0.3 is 0 Å². The van der Waals surface area contributed by atoms with Gasteiger partial charge in [0.15, 0.2) is 0 Å². The minimum absolute atomic E-state index is 0.182. The van der Waals surface area contributed by atoms with Gasteiger partial charge in [0.05, 0.1) is 6.07 Å². The number of hydrogen-bond donors (Lipinski definition) is 1. The molecule has 0 heterocycles. The number of amides is 1. The molecular weight excluding hydrogens is 202 g/mol. The number of alkyl halides is 2. The number of hydrogen-bond acceptors (Lipinski definition) is 2. The maximum Gasteiger partial charge on any atom is 0.248 e. The minimum atomic E-state index is -2.58. The van der Waals surface area contributed by atoms with E-state index in [1.165, 1.54) is 6.92 Å². The molecule has 0 aliphatic heterocycles. The van der Waals surface area contributed by atoms with Crippen LogP contribution in [0.15, 0.2) is 0 Å². The second-order valence-corrected chi connectivity index (χ2v) is 3.99. The van der Waals surface area contributed by atoms with Crippen molar-refractivity contribution in [3.05, 3.63) is 0 Å². The third-order valence-electron chi connectivity index (χ3n) is 2.65. The van der Waals surface area contributed by atoms with E-state index in [1.54, 1.807) is 0 Å². The van der Waals surface area contributed by atoms with Gasteiger partial charge in [-0.05, 0) is 19.8 Å². The van der Waals surface area contributed by atoms with Crippen molar-refractivity contribution < 1.29 is 13.6 Å². The van der Waals surface area contributed by atoms with Crippen LogP contribution in [0.4, 0.5) is 8.78 Å². The number of rotatable bonds is 2. The van der Waals surface area contributed by atoms with Crippen LogP contribution in [0.1, 0.15) is 32.6 Å². The minimum Gasteiger partial charge on any atom is -0.352 e. The van der Waals surface area contributed by atoms with E-state index in [9.17, 15) is 13.6 Å². The number of halogens is 2. The van der Waals surface area contributed by atoms with E-state index in [-0.39, 0.29) is 37.6 Å². The van der Waals surface area contributed by atoms with Crippen molar-refractivity contribution in [1.29, 1.82) is 5.26 Å². The van der Waals surface area contributed by atoms with E-state index >= 15 is 0 Å². The zero-order valence-corrected chi connectivity index (χ0v) is 8.59. The maximum atomic E-state index is 12.8. The number of carbonyl (C=O) groups excluding carboxylic acids is 1. The Hall–Kier alpha value is -1.18. The largest absolute Gasteiger partial charge is 0.352 e. The molecule has 0 aromatic rings. The first-order valence-corrected chi connectivity index (χ1v) is 5.02. The Kier molecular flexibility index (Phi) is 3.61. The zero-order valence-electron chi connectivity index (χ0n) is 8.59. The van der Waals surface area contributed by atoms with Crippen LogP contribution in [0, 0.1) is 17.2 Å². The summed E-state index contributed by atoms with van der Waals surface area (Å²) in [7, 11) is 0. The van der Waals surface area contributed by atoms with Crippen LogP contribution < -0.4 is 5.32 Å². The van der Waals surface area contributed by atoms with Crippen molar-refractivity contribution in [2.75, 3.05) is 0 Å². The van der Waals surface area contributed by atoms with Gasteiger partial charge in [0.25, 0.3) is 0 Å². The Balaban J connectivity index is 2.37. The van der Waals surface area contributed by atoms with Gasteiger partial charge in [-0.2, -0.15) is 5.26 Å². The number of nitriles is 1. The lowest BCUT2D eigenvalue weighted by Gasteiger charge is -2.29. The van der Waals surface area contributed by atoms with Crippen molar-refractivity contribution in [3.8, 4) is 6.07 Å². The lowest BCUT2D eigenvalue weighted by atomic mass is 9.92. The molecule has 1 N–H and O–H groups in total. The molecule has 1 fully saturated rings. The lowest BCUT2D eigenvalue weighted by Crippen LogP contribution is -2.42. The maximum absolute atomic E-state index is 12.8. The molecule has 1 saturated carbocycles. The topological polar surface area (TPSA) is 52.9 Å². The molecule has 15 heavy (non-hydrogen) atoms. The Bertz CT molecular complexity index is 276. The van der Waals surface area contributed by atoms with Gasteiger partial charge < -0.3 is 5.32 Å². The first kappa shape index (κ1) is 11.9. The molecule has 1 aliphatic rings. The molecule has 0 saturated heterocycles. The average Bonchev–Trinajstić information content (AvgIpc) is 2.20. The Morgan fingerprint density at radius 1 is 1.53 bits per heavy atom. The molecule has 5 heteroatoms. The van der Waals surface area contributed by atoms with E-state index in [0.717, 1.165) is 0 Å². The third-order valence-corrected chi connectivity index (χ3v) is 2.65. The van der Waals surface area contributed by atoms with Crippen LogP contribution in [0.2, 0.25) is 0 Å². The number of nitrogens with zero attached hydrogens (tertiary/aromatic N) is 1. The van der Waals surface area contributed by atoms with Gasteiger partial charge in [-0.3, -0.25) is 4.79 Å². The molecule has 1 aliphatic carbocycles. The summed E-state index contributed by atoms with van der Waals surface area (Å²) in [5, 5.41) is 11.1. The Morgan fingerprint density at radius 2 is 2.07 bits per heavy atom. The lowest BCUT2D eigenvalue weighted by molar-refractivity contribution is -0.124. The number of carbonyl (C=O) groups is 1. The summed E-state index contributed by atoms with van der Waals surface area (Å²) in [5.74, 6) is -3.66. The van der Waals surface area contributed by atoms with Crippen molar-refractivity contribution in [2.24, 2.45) is 5.92 Å². The SMILES string of the molecule is CC(C#N)C(=O)NC1CCC(F)(F)CC1. The van der Waals surface area contributed by atoms with Crippen molar-refractivity contribution >= 4 is 5.91 Å². The van der Waals surface area contributed by atoms with Crippen LogP contribution >= 0.6 is 0 Å². The van der Waals surface area contributed by atoms with Crippen LogP contribution in [0.3, 0.4) is 0 Å². The van der Waals surface area contributed by atoms with Crippen LogP contribution in [-0.4, -0.2) is 17.9 Å². The quantitative estimate of drug-likeness (QED) is 0.765. The molecule has 1 atom stereocenters. The highest BCUT2D eigenvalue weighted by atomic mass is 19.3. The molecule has 1 amide bonds. The van der Waals surface area contributed by atoms with Crippen LogP contribution in [-0.2, 0) is 4.79 Å². The summed E-state index contributed by atoms with van der Waals surface area (Å²) in [6.07, 6.45) is 0.214. The van der Waals surface area contributed by atoms with Gasteiger partial charge in [-0.1, -0.05) is 0 Å². The van der Waals surface area contributed by atoms with E-state index < -0.39 is 11.8 Å². The first-order chi connectivity index (χ1) is 6.94. The molecule has 0 radical (unpaired) electrons. The van der Waals surface area contributed by atoms with E-state index in [0.29, 0.717) is 0 Å². The van der Waals surface area contributed by atoms with E-state index in [1.807, 2.05) is 6.07 Å². The summed E-state index contributed by atoms with van der Waals surface area (Å²) in [6.45, 7) is 1.49. The molecule has 3 nitrogen and oxygen atoms in total. The second-order valence-electron chi connectivity index (χ2n) is 3.99. The zero-order chi connectivity index (χ0) is 11.5. The van der Waals surface area contributed by atoms with Crippen molar-refractivity contribution in [2.45, 2.75) is 44.6 Å². The first-order valence-electron chi connectivity index (χ1n) is 5.02. The summed E-state index contributed by atoms with van der Waals surface area (Å²) >= 11 is 0. The van der Waals surface area contributed by atoms with Crippen LogP contribution in [0.5, 0.6) is 0 Å². The summed E-state index contributed by atoms with van der Waals surface area (Å²) in [4.78, 5) is 11.3. The predicted octanol–water partition coefficient (Wildman–Crippen LogP) is 1.84. The molecule has 1 unspecified atom stereocenters. The van der Waals surface area contributed by atoms with E-state index in [4.69, 9.17) is 5.26 Å². The standard InChI is InChI=1S/C10H14F2N2O/c1-7(6-13)9(15)14-8-2-4-10(11,12)5-3-8/h7-8H,2-5H2,1H3,(H,14,15). The molecule has 0 aromatic heterocycles. The highest BCUT2D eigenvalue weighted by Crippen LogP contribution is 2.32. The Morgan fingerprint density at radius 3 is 2.53 bits per heavy atom. The van der Waals surface area contributed by atoms with Gasteiger partial charge in [0.2, 0.25) is 11.8 Å². The van der Waals surface area contributed by atoms with E-state index in [2.05, 4.69) is 5.32 Å². The molecule has 1 rings (SSSR count). The van der Waals surface area contributed by atoms with Gasteiger partial charge in [-0.25, -0.2) is 8.78 Å². The second kappa shape index (κ2) is 4.56. The van der Waals surface area contributed by atoms with Gasteiger partial charge in [-0.15, -0.1) is 0 Å². The fraction of sp³-hybridized carbons (Fsp3) is 0.800. The van der Waals surface area contributed by atoms with Crippen LogP contribution in [0.25, 0.3) is 0 Å². The fourth-order valence-corrected chi connectivity index (χ4v) is 1.57. The molecular formula is C10H14F2N2O. The third kappa shape index (κ3) is 3.46. The molecule has 84 valence electrons. The predicted molar refractivity (Wildman–Crippen MR) is 50.1 cm³/mol. The summed E-state index contributed by atoms with van der Waals surface area (Å²) in [5.41, 5.74) is 0. The summed E-state index contributed by atoms with van der Waals surface area (Å²) in [6, 6.07) is 1.61. The normalized spacial score (nSPS) is 22.8. The van der Waals surface area contributed by atoms with Crippen molar-refractivity contribution in [3.63, 3.8) is 0 Å². The van der Waals surface area contributed by atoms with Gasteiger partial charge in [0, 0.05) is 18.9 Å². The monoisotopic (exact) mass is 216 g/mol. The molecule has 0 bridgehead atoms. The highest BCUT2D eigenvalue weighted by molar-refractivity contribution is 5.80. The van der Waals surface area contributed by atoms with Crippen molar-refractivity contribution in [1.82, 2.24) is 5.32 Å². The average molecular weight is 216 g/mol. The molecule has 0 aromatic carbocycles. The fourth-order valence-electron chi connectivity index (χ4n) is 1.57. The smallest absolute Gasteiger partial charge is 0.248 e. The number of nitrogens with one attached hydrogen (secondary N) is 1. The Labute approximate surface area is 87.5 Å². The summed E-state index contributed by atoms with van der Waals surface area (Å²) < 4.78 is 25.5. The highest BCUT2D eigenvalue weighted by Gasteiger charge is 2.35. The van der Waals surface area contributed by atoms with Gasteiger partial charge in [0.1, 0.15) is 5.92 Å². The molecule has 0 spiro atoms.